The van der Waals surface area contributed by atoms with Crippen LogP contribution in [0.15, 0.2) is 124 Å². The SMILES string of the molecule is CC(=O)C(N=Nc1cc(Cl)cc(C(=O)Nc2ccccc2CCl)c1)C(=O)Nc1ccc(NC(=O)C(N=Nc2cc(Cl)cc(C(=O)Nc3ccccc3CCl)c2)C(C)=O)c(CCCl)c1. The molecule has 0 saturated heterocycles. The summed E-state index contributed by atoms with van der Waals surface area (Å²) in [7, 11) is 0. The first kappa shape index (κ1) is 48.0. The van der Waals surface area contributed by atoms with Crippen LogP contribution in [-0.4, -0.2) is 53.2 Å². The molecule has 0 aliphatic heterocycles. The van der Waals surface area contributed by atoms with Gasteiger partial charge in [-0.1, -0.05) is 59.6 Å². The maximum absolute atomic E-state index is 13.5. The van der Waals surface area contributed by atoms with Gasteiger partial charge in [-0.2, -0.15) is 20.5 Å². The van der Waals surface area contributed by atoms with Crippen LogP contribution in [0.25, 0.3) is 0 Å². The quantitative estimate of drug-likeness (QED) is 0.0382. The summed E-state index contributed by atoms with van der Waals surface area (Å²) in [5.74, 6) is -3.44. The second-order valence-electron chi connectivity index (χ2n) is 13.6. The highest BCUT2D eigenvalue weighted by molar-refractivity contribution is 6.32. The number of rotatable bonds is 18. The van der Waals surface area contributed by atoms with Crippen LogP contribution in [0.3, 0.4) is 0 Å². The summed E-state index contributed by atoms with van der Waals surface area (Å²) in [6.07, 6.45) is 0.216. The lowest BCUT2D eigenvalue weighted by Crippen LogP contribution is -2.32. The van der Waals surface area contributed by atoms with Gasteiger partial charge >= 0.3 is 0 Å². The third-order valence-corrected chi connectivity index (χ3v) is 10.1. The lowest BCUT2D eigenvalue weighted by molar-refractivity contribution is -0.127. The normalized spacial score (nSPS) is 12.1. The molecule has 0 heterocycles. The van der Waals surface area contributed by atoms with Gasteiger partial charge in [0.25, 0.3) is 23.6 Å². The number of nitrogens with one attached hydrogen (secondary N) is 4. The van der Waals surface area contributed by atoms with Crippen LogP contribution in [0, 0.1) is 0 Å². The maximum atomic E-state index is 13.5. The first-order valence-electron chi connectivity index (χ1n) is 18.8. The summed E-state index contributed by atoms with van der Waals surface area (Å²) < 4.78 is 0. The van der Waals surface area contributed by atoms with Gasteiger partial charge in [0, 0.05) is 61.6 Å². The number of para-hydroxylation sites is 2. The molecule has 0 aliphatic carbocycles. The van der Waals surface area contributed by atoms with Crippen molar-refractivity contribution in [3.8, 4) is 0 Å². The zero-order chi connectivity index (χ0) is 45.6. The molecule has 14 nitrogen and oxygen atoms in total. The number of Topliss-reactive ketones (excluding diaryl/α,β-unsaturated/α-hetero) is 2. The monoisotopic (exact) mass is 948 g/mol. The molecule has 0 aliphatic rings. The van der Waals surface area contributed by atoms with Crippen molar-refractivity contribution in [2.24, 2.45) is 20.5 Å². The Balaban J connectivity index is 1.28. The molecule has 4 N–H and O–H groups in total. The standard InChI is InChI=1S/C44H37Cl5N8O6/c1-24(58)39(56-54-34-18-29(15-31(48)20-34)41(60)51-36-9-5-3-7-27(36)22-46)43(62)50-33-11-12-38(26(17-33)13-14-45)53-44(63)40(25(2)59)57-55-35-19-30(16-32(49)21-35)42(61)52-37-10-6-4-8-28(37)23-47/h3-12,15-21,39-40H,13-14,22-23H2,1-2H3,(H,50,62)(H,51,60)(H,52,61)(H,53,63). The number of hydrogen-bond donors (Lipinski definition) is 4. The molecule has 0 spiro atoms. The number of ketones is 2. The Morgan fingerprint density at radius 3 is 1.41 bits per heavy atom. The Labute approximate surface area is 386 Å². The molecule has 63 heavy (non-hydrogen) atoms. The van der Waals surface area contributed by atoms with Gasteiger partial charge in [0.05, 0.1) is 11.4 Å². The summed E-state index contributed by atoms with van der Waals surface area (Å²) in [6, 6.07) is 23.8. The maximum Gasteiger partial charge on any atom is 0.258 e. The molecule has 0 aromatic heterocycles. The minimum atomic E-state index is -1.60. The van der Waals surface area contributed by atoms with Crippen LogP contribution < -0.4 is 21.3 Å². The highest BCUT2D eigenvalue weighted by atomic mass is 35.5. The van der Waals surface area contributed by atoms with Crippen molar-refractivity contribution in [3.63, 3.8) is 0 Å². The minimum Gasteiger partial charge on any atom is -0.324 e. The van der Waals surface area contributed by atoms with Crippen LogP contribution in [0.1, 0.15) is 51.3 Å². The van der Waals surface area contributed by atoms with Gasteiger partial charge < -0.3 is 21.3 Å². The molecule has 2 unspecified atom stereocenters. The number of alkyl halides is 3. The van der Waals surface area contributed by atoms with Crippen molar-refractivity contribution in [1.29, 1.82) is 0 Å². The molecule has 0 fully saturated rings. The average molecular weight is 951 g/mol. The average Bonchev–Trinajstić information content (AvgIpc) is 3.24. The van der Waals surface area contributed by atoms with Gasteiger partial charge in [0.2, 0.25) is 12.1 Å². The number of amides is 4. The molecule has 5 rings (SSSR count). The molecular weight excluding hydrogens is 914 g/mol. The summed E-state index contributed by atoms with van der Waals surface area (Å²) in [4.78, 5) is 78.2. The third kappa shape index (κ3) is 13.5. The van der Waals surface area contributed by atoms with Crippen LogP contribution in [0.4, 0.5) is 34.1 Å². The Bertz CT molecular complexity index is 2620. The predicted octanol–water partition coefficient (Wildman–Crippen LogP) is 11.1. The van der Waals surface area contributed by atoms with Crippen molar-refractivity contribution in [1.82, 2.24) is 0 Å². The number of azo groups is 2. The predicted molar refractivity (Wildman–Crippen MR) is 247 cm³/mol. The van der Waals surface area contributed by atoms with Gasteiger partial charge in [-0.25, -0.2) is 0 Å². The lowest BCUT2D eigenvalue weighted by atomic mass is 10.1. The Morgan fingerprint density at radius 1 is 0.524 bits per heavy atom. The first-order valence-corrected chi connectivity index (χ1v) is 21.2. The van der Waals surface area contributed by atoms with E-state index in [9.17, 15) is 28.8 Å². The molecule has 19 heteroatoms. The number of aryl methyl sites for hydroxylation is 1. The number of benzene rings is 5. The van der Waals surface area contributed by atoms with Crippen molar-refractivity contribution in [2.75, 3.05) is 27.1 Å². The van der Waals surface area contributed by atoms with Crippen molar-refractivity contribution in [3.05, 3.63) is 141 Å². The number of nitrogens with zero attached hydrogens (tertiary/aromatic N) is 4. The Hall–Kier alpha value is -6.03. The molecule has 0 bridgehead atoms. The Morgan fingerprint density at radius 2 is 0.968 bits per heavy atom. The second-order valence-corrected chi connectivity index (χ2v) is 15.4. The van der Waals surface area contributed by atoms with Gasteiger partial charge in [-0.15, -0.1) is 34.8 Å². The zero-order valence-electron chi connectivity index (χ0n) is 33.4. The number of halogens is 5. The fourth-order valence-corrected chi connectivity index (χ4v) is 6.96. The molecule has 324 valence electrons. The van der Waals surface area contributed by atoms with E-state index in [1.165, 1.54) is 68.4 Å². The topological polar surface area (TPSA) is 200 Å². The summed E-state index contributed by atoms with van der Waals surface area (Å²) in [5.41, 5.74) is 3.90. The number of carbonyl (C=O) groups is 6. The molecule has 2 atom stereocenters. The van der Waals surface area contributed by atoms with E-state index in [2.05, 4.69) is 41.7 Å². The zero-order valence-corrected chi connectivity index (χ0v) is 37.2. The molecule has 4 amide bonds. The molecule has 0 saturated carbocycles. The number of hydrogen-bond acceptors (Lipinski definition) is 10. The molecular formula is C44H37Cl5N8O6. The van der Waals surface area contributed by atoms with Crippen LogP contribution in [0.5, 0.6) is 0 Å². The fraction of sp³-hybridized carbons (Fsp3) is 0.182. The molecule has 5 aromatic rings. The van der Waals surface area contributed by atoms with Crippen LogP contribution >= 0.6 is 58.0 Å². The highest BCUT2D eigenvalue weighted by Gasteiger charge is 2.26. The van der Waals surface area contributed by atoms with Gasteiger partial charge in [-0.3, -0.25) is 28.8 Å². The highest BCUT2D eigenvalue weighted by Crippen LogP contribution is 2.28. The van der Waals surface area contributed by atoms with Crippen molar-refractivity contribution in [2.45, 2.75) is 44.1 Å². The van der Waals surface area contributed by atoms with E-state index in [1.807, 2.05) is 0 Å². The number of carbonyl (C=O) groups excluding carboxylic acids is 6. The molecule has 5 aromatic carbocycles. The second kappa shape index (κ2) is 22.9. The van der Waals surface area contributed by atoms with Gasteiger partial charge in [-0.05, 0) is 104 Å². The van der Waals surface area contributed by atoms with Gasteiger partial charge in [0.1, 0.15) is 0 Å². The van der Waals surface area contributed by atoms with Crippen LogP contribution in [-0.2, 0) is 37.4 Å². The summed E-state index contributed by atoms with van der Waals surface area (Å²) >= 11 is 30.7. The van der Waals surface area contributed by atoms with E-state index in [1.54, 1.807) is 48.5 Å². The van der Waals surface area contributed by atoms with Crippen molar-refractivity contribution >= 4 is 127 Å². The fourth-order valence-electron chi connectivity index (χ4n) is 5.83. The van der Waals surface area contributed by atoms with E-state index < -0.39 is 47.3 Å². The summed E-state index contributed by atoms with van der Waals surface area (Å²) in [5, 5.41) is 27.2. The van der Waals surface area contributed by atoms with E-state index in [-0.39, 0.29) is 68.0 Å². The van der Waals surface area contributed by atoms with E-state index in [0.29, 0.717) is 28.1 Å². The van der Waals surface area contributed by atoms with E-state index in [0.717, 1.165) is 0 Å². The Kier molecular flexibility index (Phi) is 17.4. The molecule has 0 radical (unpaired) electrons. The first-order chi connectivity index (χ1) is 30.2. The third-order valence-electron chi connectivity index (χ3n) is 8.95. The van der Waals surface area contributed by atoms with E-state index in [4.69, 9.17) is 58.0 Å². The van der Waals surface area contributed by atoms with E-state index >= 15 is 0 Å². The minimum absolute atomic E-state index is 0.105. The summed E-state index contributed by atoms with van der Waals surface area (Å²) in [6.45, 7) is 2.34. The van der Waals surface area contributed by atoms with Gasteiger partial charge in [0.15, 0.2) is 11.6 Å². The largest absolute Gasteiger partial charge is 0.324 e. The lowest BCUT2D eigenvalue weighted by Gasteiger charge is -2.15. The number of anilines is 4. The van der Waals surface area contributed by atoms with Crippen molar-refractivity contribution < 1.29 is 28.8 Å². The van der Waals surface area contributed by atoms with Crippen LogP contribution in [0.2, 0.25) is 10.0 Å². The smallest absolute Gasteiger partial charge is 0.258 e.